The van der Waals surface area contributed by atoms with Gasteiger partial charge in [0.1, 0.15) is 16.5 Å². The van der Waals surface area contributed by atoms with E-state index in [9.17, 15) is 27.9 Å². The standard InChI is InChI=1S/C30H26ClF3N4O4/c1-17(2)38(28(39)20-6-4-18(3)5-7-20)25-10-9-22(13-23(25)29(40)41)42-27-24(30(32,33)34)12-19(15-37-27)14-35-21-8-11-26(31)36-16-21/h4-13,15-17,35H,14H2,1-3H3,(H,40,41). The largest absolute Gasteiger partial charge is 0.478 e. The van der Waals surface area contributed by atoms with Crippen LogP contribution < -0.4 is 15.0 Å². The molecule has 0 radical (unpaired) electrons. The summed E-state index contributed by atoms with van der Waals surface area (Å²) in [4.78, 5) is 34.7. The van der Waals surface area contributed by atoms with E-state index in [0.717, 1.165) is 17.7 Å². The van der Waals surface area contributed by atoms with Crippen molar-refractivity contribution in [3.8, 4) is 11.6 Å². The Morgan fingerprint density at radius 1 is 1.02 bits per heavy atom. The SMILES string of the molecule is Cc1ccc(C(=O)N(c2ccc(Oc3ncc(CNc4ccc(Cl)nc4)cc3C(F)(F)F)cc2C(=O)O)C(C)C)cc1. The second-order valence-corrected chi connectivity index (χ2v) is 10.0. The number of benzene rings is 2. The lowest BCUT2D eigenvalue weighted by Crippen LogP contribution is -2.38. The van der Waals surface area contributed by atoms with Crippen molar-refractivity contribution in [3.05, 3.63) is 106 Å². The number of nitrogens with one attached hydrogen (secondary N) is 1. The summed E-state index contributed by atoms with van der Waals surface area (Å²) < 4.78 is 47.4. The molecule has 2 heterocycles. The minimum absolute atomic E-state index is 0.0115. The third kappa shape index (κ3) is 7.16. The van der Waals surface area contributed by atoms with Gasteiger partial charge in [0.25, 0.3) is 5.91 Å². The van der Waals surface area contributed by atoms with E-state index in [1.807, 2.05) is 6.92 Å². The topological polar surface area (TPSA) is 105 Å². The number of alkyl halides is 3. The molecule has 0 fully saturated rings. The highest BCUT2D eigenvalue weighted by molar-refractivity contribution is 6.29. The molecule has 8 nitrogen and oxygen atoms in total. The lowest BCUT2D eigenvalue weighted by Gasteiger charge is -2.28. The second-order valence-electron chi connectivity index (χ2n) is 9.64. The number of nitrogens with zero attached hydrogens (tertiary/aromatic N) is 3. The number of hydrogen-bond acceptors (Lipinski definition) is 6. The van der Waals surface area contributed by atoms with Gasteiger partial charge in [0, 0.05) is 24.3 Å². The molecule has 0 spiro atoms. The summed E-state index contributed by atoms with van der Waals surface area (Å²) in [6.45, 7) is 5.33. The summed E-state index contributed by atoms with van der Waals surface area (Å²) in [6, 6.07) is 14.1. The number of hydrogen-bond donors (Lipinski definition) is 2. The molecule has 0 aliphatic heterocycles. The van der Waals surface area contributed by atoms with E-state index in [4.69, 9.17) is 16.3 Å². The molecular formula is C30H26ClF3N4O4. The Bertz CT molecular complexity index is 1590. The van der Waals surface area contributed by atoms with Crippen LogP contribution in [0, 0.1) is 6.92 Å². The molecule has 2 N–H and O–H groups in total. The van der Waals surface area contributed by atoms with Gasteiger partial charge in [-0.3, -0.25) is 4.79 Å². The Balaban J connectivity index is 1.64. The summed E-state index contributed by atoms with van der Waals surface area (Å²) in [5, 5.41) is 13.2. The summed E-state index contributed by atoms with van der Waals surface area (Å²) >= 11 is 5.75. The first-order chi connectivity index (χ1) is 19.8. The molecule has 2 aromatic carbocycles. The molecule has 218 valence electrons. The highest BCUT2D eigenvalue weighted by Gasteiger charge is 2.36. The first-order valence-electron chi connectivity index (χ1n) is 12.7. The molecule has 42 heavy (non-hydrogen) atoms. The molecule has 4 rings (SSSR count). The fourth-order valence-electron chi connectivity index (χ4n) is 4.09. The number of aromatic nitrogens is 2. The smallest absolute Gasteiger partial charge is 0.421 e. The Labute approximate surface area is 244 Å². The third-order valence-corrected chi connectivity index (χ3v) is 6.37. The lowest BCUT2D eigenvalue weighted by atomic mass is 10.1. The predicted octanol–water partition coefficient (Wildman–Crippen LogP) is 7.62. The molecule has 4 aromatic rings. The van der Waals surface area contributed by atoms with Crippen LogP contribution in [0.1, 0.15) is 51.3 Å². The number of carboxylic acids is 1. The van der Waals surface area contributed by atoms with Crippen LogP contribution in [0.15, 0.2) is 73.1 Å². The molecule has 0 saturated carbocycles. The molecule has 1 amide bonds. The van der Waals surface area contributed by atoms with Crippen molar-refractivity contribution in [2.45, 2.75) is 39.5 Å². The van der Waals surface area contributed by atoms with Gasteiger partial charge in [-0.1, -0.05) is 29.3 Å². The van der Waals surface area contributed by atoms with E-state index >= 15 is 0 Å². The molecule has 2 aromatic heterocycles. The Hall–Kier alpha value is -4.64. The fourth-order valence-corrected chi connectivity index (χ4v) is 4.20. The van der Waals surface area contributed by atoms with Crippen LogP contribution in [0.4, 0.5) is 24.5 Å². The molecule has 0 aliphatic carbocycles. The van der Waals surface area contributed by atoms with Gasteiger partial charge < -0.3 is 20.1 Å². The van der Waals surface area contributed by atoms with Gasteiger partial charge in [-0.2, -0.15) is 13.2 Å². The quantitative estimate of drug-likeness (QED) is 0.191. The van der Waals surface area contributed by atoms with Crippen LogP contribution in [-0.4, -0.2) is 33.0 Å². The molecule has 12 heteroatoms. The zero-order valence-corrected chi connectivity index (χ0v) is 23.5. The molecule has 0 aliphatic rings. The van der Waals surface area contributed by atoms with Crippen LogP contribution in [0.25, 0.3) is 0 Å². The normalized spacial score (nSPS) is 11.3. The van der Waals surface area contributed by atoms with Gasteiger partial charge in [0.05, 0.1) is 23.1 Å². The minimum atomic E-state index is -4.81. The lowest BCUT2D eigenvalue weighted by molar-refractivity contribution is -0.138. The van der Waals surface area contributed by atoms with Crippen molar-refractivity contribution in [2.75, 3.05) is 10.2 Å². The van der Waals surface area contributed by atoms with Gasteiger partial charge in [0.2, 0.25) is 5.88 Å². The van der Waals surface area contributed by atoms with E-state index in [1.54, 1.807) is 44.2 Å². The predicted molar refractivity (Wildman–Crippen MR) is 152 cm³/mol. The number of anilines is 2. The summed E-state index contributed by atoms with van der Waals surface area (Å²) in [7, 11) is 0. The second kappa shape index (κ2) is 12.5. The Morgan fingerprint density at radius 3 is 2.33 bits per heavy atom. The van der Waals surface area contributed by atoms with Crippen LogP contribution in [0.3, 0.4) is 0 Å². The number of halogens is 4. The maximum absolute atomic E-state index is 14.0. The molecule has 0 unspecified atom stereocenters. The van der Waals surface area contributed by atoms with Crippen LogP contribution in [0.5, 0.6) is 11.6 Å². The maximum atomic E-state index is 14.0. The van der Waals surface area contributed by atoms with Gasteiger partial charge in [-0.15, -0.1) is 0 Å². The summed E-state index contributed by atoms with van der Waals surface area (Å²) in [5.41, 5.74) is 0.664. The zero-order valence-electron chi connectivity index (χ0n) is 22.7. The van der Waals surface area contributed by atoms with Crippen molar-refractivity contribution in [1.82, 2.24) is 9.97 Å². The highest BCUT2D eigenvalue weighted by atomic mass is 35.5. The molecule has 0 atom stereocenters. The van der Waals surface area contributed by atoms with Crippen molar-refractivity contribution < 1.29 is 32.6 Å². The Morgan fingerprint density at radius 2 is 1.74 bits per heavy atom. The van der Waals surface area contributed by atoms with E-state index in [1.165, 1.54) is 35.5 Å². The fraction of sp³-hybridized carbons (Fsp3) is 0.200. The average molecular weight is 599 g/mol. The molecule has 0 bridgehead atoms. The van der Waals surface area contributed by atoms with Crippen molar-refractivity contribution in [1.29, 1.82) is 0 Å². The summed E-state index contributed by atoms with van der Waals surface area (Å²) in [5.74, 6) is -2.76. The maximum Gasteiger partial charge on any atom is 0.421 e. The third-order valence-electron chi connectivity index (χ3n) is 6.14. The molecule has 0 saturated heterocycles. The summed E-state index contributed by atoms with van der Waals surface area (Å²) in [6.07, 6.45) is -2.16. The van der Waals surface area contributed by atoms with Gasteiger partial charge in [-0.25, -0.2) is 14.8 Å². The van der Waals surface area contributed by atoms with Crippen molar-refractivity contribution in [3.63, 3.8) is 0 Å². The van der Waals surface area contributed by atoms with Crippen LogP contribution in [0.2, 0.25) is 5.15 Å². The number of carboxylic acid groups (broad SMARTS) is 1. The number of carbonyl (C=O) groups is 2. The van der Waals surface area contributed by atoms with Gasteiger partial charge in [-0.05, 0) is 74.9 Å². The number of ether oxygens (including phenoxy) is 1. The van der Waals surface area contributed by atoms with E-state index in [0.29, 0.717) is 11.3 Å². The minimum Gasteiger partial charge on any atom is -0.478 e. The van der Waals surface area contributed by atoms with E-state index in [2.05, 4.69) is 15.3 Å². The average Bonchev–Trinajstić information content (AvgIpc) is 2.93. The van der Waals surface area contributed by atoms with Crippen molar-refractivity contribution in [2.24, 2.45) is 0 Å². The van der Waals surface area contributed by atoms with Gasteiger partial charge in [0.15, 0.2) is 0 Å². The zero-order chi connectivity index (χ0) is 30.6. The molecular weight excluding hydrogens is 573 g/mol. The van der Waals surface area contributed by atoms with Crippen molar-refractivity contribution >= 4 is 34.9 Å². The van der Waals surface area contributed by atoms with Gasteiger partial charge >= 0.3 is 12.1 Å². The van der Waals surface area contributed by atoms with E-state index < -0.39 is 35.5 Å². The van der Waals surface area contributed by atoms with Crippen LogP contribution in [-0.2, 0) is 12.7 Å². The number of aryl methyl sites for hydroxylation is 1. The first kappa shape index (κ1) is 30.3. The Kier molecular flexibility index (Phi) is 9.01. The van der Waals surface area contributed by atoms with Crippen LogP contribution >= 0.6 is 11.6 Å². The number of carbonyl (C=O) groups excluding carboxylic acids is 1. The number of amides is 1. The van der Waals surface area contributed by atoms with E-state index in [-0.39, 0.29) is 34.3 Å². The monoisotopic (exact) mass is 598 g/mol. The number of pyridine rings is 2. The number of aromatic carboxylic acids is 1. The highest BCUT2D eigenvalue weighted by Crippen LogP contribution is 2.38. The first-order valence-corrected chi connectivity index (χ1v) is 13.1. The number of rotatable bonds is 9.